The van der Waals surface area contributed by atoms with Gasteiger partial charge in [0.2, 0.25) is 0 Å². The monoisotopic (exact) mass is 270 g/mol. The highest BCUT2D eigenvalue weighted by Crippen LogP contribution is 2.07. The van der Waals surface area contributed by atoms with Crippen LogP contribution in [-0.4, -0.2) is 11.8 Å². The van der Waals surface area contributed by atoms with Crippen molar-refractivity contribution in [2.45, 2.75) is 0 Å². The van der Waals surface area contributed by atoms with Crippen molar-refractivity contribution in [2.75, 3.05) is 0 Å². The van der Waals surface area contributed by atoms with Crippen LogP contribution in [0, 0.1) is 0 Å². The van der Waals surface area contributed by atoms with Crippen LogP contribution in [0.15, 0.2) is 46.9 Å². The number of amides is 2. The first-order chi connectivity index (χ1) is 9.65. The summed E-state index contributed by atoms with van der Waals surface area (Å²) in [6.45, 7) is 0. The summed E-state index contributed by atoms with van der Waals surface area (Å²) in [7, 11) is 0. The number of hydrogen-bond acceptors (Lipinski definition) is 4. The molecule has 0 atom stereocenters. The smallest absolute Gasteiger partial charge is 0.181 e. The van der Waals surface area contributed by atoms with Gasteiger partial charge >= 0.3 is 0 Å². The van der Waals surface area contributed by atoms with Crippen molar-refractivity contribution in [1.82, 2.24) is 10.9 Å². The van der Waals surface area contributed by atoms with E-state index in [1.54, 1.807) is 24.3 Å². The van der Waals surface area contributed by atoms with Crippen LogP contribution in [0.1, 0.15) is 11.1 Å². The van der Waals surface area contributed by atoms with Crippen LogP contribution in [0.3, 0.4) is 0 Å². The zero-order valence-corrected chi connectivity index (χ0v) is 10.2. The number of nitrogens with zero attached hydrogens (tertiary/aromatic N) is 4. The molecule has 0 saturated heterocycles. The zero-order valence-electron chi connectivity index (χ0n) is 10.2. The van der Waals surface area contributed by atoms with Crippen LogP contribution >= 0.6 is 0 Å². The molecule has 2 amide bonds. The number of benzene rings is 1. The fourth-order valence-electron chi connectivity index (χ4n) is 1.24. The molecule has 8 nitrogen and oxygen atoms in total. The van der Waals surface area contributed by atoms with Crippen molar-refractivity contribution in [3.05, 3.63) is 58.6 Å². The normalized spacial score (nSPS) is 10.4. The van der Waals surface area contributed by atoms with Gasteiger partial charge in [0.05, 0.1) is 0 Å². The van der Waals surface area contributed by atoms with Gasteiger partial charge in [-0.15, -0.1) is 0 Å². The summed E-state index contributed by atoms with van der Waals surface area (Å²) in [6, 6.07) is 6.92. The molecule has 0 unspecified atom stereocenters. The molecular weight excluding hydrogens is 260 g/mol. The fourth-order valence-corrected chi connectivity index (χ4v) is 1.24. The Bertz CT molecular complexity index is 511. The lowest BCUT2D eigenvalue weighted by atomic mass is 10.1. The molecule has 20 heavy (non-hydrogen) atoms. The number of hydrogen-bond donors (Lipinski definition) is 2. The second-order valence-electron chi connectivity index (χ2n) is 3.49. The Hall–Kier alpha value is -3.16. The third-order valence-electron chi connectivity index (χ3n) is 2.11. The van der Waals surface area contributed by atoms with Crippen LogP contribution in [0.4, 0.5) is 0 Å². The van der Waals surface area contributed by atoms with E-state index in [-0.39, 0.29) is 0 Å². The van der Waals surface area contributed by atoms with Crippen molar-refractivity contribution in [1.29, 1.82) is 0 Å². The molecule has 2 N–H and O–H groups in total. The molecule has 0 saturated carbocycles. The Balaban J connectivity index is 2.64. The minimum absolute atomic E-state index is 0.555. The molecule has 0 heterocycles. The molecule has 0 fully saturated rings. The molecule has 0 radical (unpaired) electrons. The first-order valence-electron chi connectivity index (χ1n) is 5.40. The molecule has 1 aromatic carbocycles. The van der Waals surface area contributed by atoms with Crippen LogP contribution in [0.2, 0.25) is 0 Å². The molecule has 1 aromatic rings. The van der Waals surface area contributed by atoms with E-state index in [0.717, 1.165) is 11.1 Å². The van der Waals surface area contributed by atoms with E-state index >= 15 is 0 Å². The third kappa shape index (κ3) is 5.45. The molecule has 0 aliphatic heterocycles. The van der Waals surface area contributed by atoms with Crippen LogP contribution in [0.5, 0.6) is 0 Å². The average Bonchev–Trinajstić information content (AvgIpc) is 2.45. The molecule has 0 aromatic heterocycles. The second kappa shape index (κ2) is 8.03. The van der Waals surface area contributed by atoms with E-state index in [4.69, 9.17) is 11.1 Å². The summed E-state index contributed by atoms with van der Waals surface area (Å²) in [6.07, 6.45) is 5.48. The molecule has 102 valence electrons. The first kappa shape index (κ1) is 14.9. The van der Waals surface area contributed by atoms with Gasteiger partial charge in [0, 0.05) is 0 Å². The number of carbonyl (C=O) groups excluding carboxylic acids is 2. The number of carbonyl (C=O) groups is 2. The summed E-state index contributed by atoms with van der Waals surface area (Å²) < 4.78 is 0. The Labute approximate surface area is 114 Å². The Kier molecular flexibility index (Phi) is 5.98. The molecule has 0 bridgehead atoms. The maximum atomic E-state index is 11.0. The van der Waals surface area contributed by atoms with Gasteiger partial charge in [-0.1, -0.05) is 36.4 Å². The van der Waals surface area contributed by atoms with Crippen molar-refractivity contribution in [3.8, 4) is 0 Å². The highest BCUT2D eigenvalue weighted by atomic mass is 16.2. The Morgan fingerprint density at radius 3 is 1.50 bits per heavy atom. The quantitative estimate of drug-likeness (QED) is 0.464. The average molecular weight is 270 g/mol. The van der Waals surface area contributed by atoms with E-state index in [1.165, 1.54) is 24.3 Å². The lowest BCUT2D eigenvalue weighted by molar-refractivity contribution is -0.117. The lowest BCUT2D eigenvalue weighted by Gasteiger charge is -1.99. The number of nitrogens with one attached hydrogen (secondary N) is 2. The molecular formula is C12H10N6O2-2. The summed E-state index contributed by atoms with van der Waals surface area (Å²) >= 11 is 0. The van der Waals surface area contributed by atoms with Crippen LogP contribution in [0.25, 0.3) is 23.2 Å². The molecule has 1 rings (SSSR count). The van der Waals surface area contributed by atoms with Gasteiger partial charge < -0.3 is 21.9 Å². The van der Waals surface area contributed by atoms with Gasteiger partial charge in [0.15, 0.2) is 11.8 Å². The Morgan fingerprint density at radius 1 is 0.850 bits per heavy atom. The largest absolute Gasteiger partial charge is 0.362 e. The lowest BCUT2D eigenvalue weighted by Crippen LogP contribution is -2.12. The molecule has 0 spiro atoms. The predicted octanol–water partition coefficient (Wildman–Crippen LogP) is 1.82. The minimum Gasteiger partial charge on any atom is -0.362 e. The highest BCUT2D eigenvalue weighted by Gasteiger charge is 1.91. The van der Waals surface area contributed by atoms with Crippen molar-refractivity contribution in [2.24, 2.45) is 10.4 Å². The summed E-state index contributed by atoms with van der Waals surface area (Å²) in [5.41, 5.74) is 21.4. The topological polar surface area (TPSA) is 128 Å². The third-order valence-corrected chi connectivity index (χ3v) is 2.11. The van der Waals surface area contributed by atoms with Gasteiger partial charge in [-0.2, -0.15) is 0 Å². The predicted molar refractivity (Wildman–Crippen MR) is 72.4 cm³/mol. The fraction of sp³-hybridized carbons (Fsp3) is 0. The zero-order chi connectivity index (χ0) is 14.8. The van der Waals surface area contributed by atoms with Crippen molar-refractivity contribution >= 4 is 24.0 Å². The molecule has 0 aliphatic rings. The van der Waals surface area contributed by atoms with Crippen LogP contribution in [-0.2, 0) is 9.59 Å². The first-order valence-corrected chi connectivity index (χ1v) is 5.40. The standard InChI is InChI=1S/C12H10N6O2/c13-17-15-11(19)7-5-9-1-2-10(4-3-9)6-8-12(20)16-18-14/h1-8H,(H2-2,13,14,15,16,19,20)/q-2. The maximum absolute atomic E-state index is 11.0. The van der Waals surface area contributed by atoms with Gasteiger partial charge in [-0.3, -0.25) is 20.0 Å². The van der Waals surface area contributed by atoms with Crippen molar-refractivity contribution in [3.63, 3.8) is 0 Å². The van der Waals surface area contributed by atoms with Crippen LogP contribution < -0.4 is 10.9 Å². The minimum atomic E-state index is -0.555. The molecule has 0 aliphatic carbocycles. The van der Waals surface area contributed by atoms with Crippen molar-refractivity contribution < 1.29 is 9.59 Å². The van der Waals surface area contributed by atoms with E-state index in [2.05, 4.69) is 10.4 Å². The van der Waals surface area contributed by atoms with E-state index in [9.17, 15) is 9.59 Å². The van der Waals surface area contributed by atoms with E-state index in [0.29, 0.717) is 0 Å². The van der Waals surface area contributed by atoms with E-state index < -0.39 is 11.8 Å². The van der Waals surface area contributed by atoms with Gasteiger partial charge in [0.25, 0.3) is 0 Å². The van der Waals surface area contributed by atoms with Gasteiger partial charge in [-0.05, 0) is 23.3 Å². The molecule has 8 heteroatoms. The summed E-state index contributed by atoms with van der Waals surface area (Å²) in [4.78, 5) is 22.0. The second-order valence-corrected chi connectivity index (χ2v) is 3.49. The number of rotatable bonds is 6. The van der Waals surface area contributed by atoms with E-state index in [1.807, 2.05) is 10.9 Å². The van der Waals surface area contributed by atoms with Gasteiger partial charge in [0.1, 0.15) is 0 Å². The van der Waals surface area contributed by atoms with Gasteiger partial charge in [-0.25, -0.2) is 0 Å². The highest BCUT2D eigenvalue weighted by molar-refractivity contribution is 5.92. The maximum Gasteiger partial charge on any atom is 0.181 e. The summed E-state index contributed by atoms with van der Waals surface area (Å²) in [5, 5.41) is 4.99. The Morgan fingerprint density at radius 2 is 1.20 bits per heavy atom. The SMILES string of the molecule is [N-]=NNC(=O)C=Cc1ccc(C=CC(=O)NN=[N-])cc1. The summed E-state index contributed by atoms with van der Waals surface area (Å²) in [5.74, 6) is -1.11.